The van der Waals surface area contributed by atoms with E-state index < -0.39 is 12.5 Å². The Morgan fingerprint density at radius 1 is 1.11 bits per heavy atom. The molecule has 0 atom stereocenters. The number of alkyl halides is 2. The van der Waals surface area contributed by atoms with Crippen LogP contribution in [-0.4, -0.2) is 22.3 Å². The highest BCUT2D eigenvalue weighted by Gasteiger charge is 2.17. The molecule has 0 saturated heterocycles. The Labute approximate surface area is 159 Å². The summed E-state index contributed by atoms with van der Waals surface area (Å²) in [4.78, 5) is 25.4. The zero-order valence-electron chi connectivity index (χ0n) is 15.4. The van der Waals surface area contributed by atoms with Crippen LogP contribution in [0.5, 0.6) is 5.75 Å². The third-order valence-corrected chi connectivity index (χ3v) is 3.96. The fourth-order valence-corrected chi connectivity index (χ4v) is 2.78. The van der Waals surface area contributed by atoms with Crippen LogP contribution in [0.25, 0.3) is 10.8 Å². The maximum Gasteiger partial charge on any atom is 0.387 e. The molecule has 0 saturated carbocycles. The van der Waals surface area contributed by atoms with Gasteiger partial charge in [-0.2, -0.15) is 13.9 Å². The van der Waals surface area contributed by atoms with E-state index in [1.807, 2.05) is 13.8 Å². The molecule has 6 nitrogen and oxygen atoms in total. The number of amides is 1. The van der Waals surface area contributed by atoms with E-state index >= 15 is 0 Å². The molecule has 3 rings (SSSR count). The van der Waals surface area contributed by atoms with Crippen molar-refractivity contribution in [1.82, 2.24) is 9.78 Å². The van der Waals surface area contributed by atoms with Crippen molar-refractivity contribution < 1.29 is 18.3 Å². The van der Waals surface area contributed by atoms with Gasteiger partial charge in [-0.15, -0.1) is 0 Å². The number of nitrogens with zero attached hydrogens (tertiary/aromatic N) is 2. The van der Waals surface area contributed by atoms with E-state index in [9.17, 15) is 18.4 Å². The van der Waals surface area contributed by atoms with Crippen LogP contribution in [-0.2, 0) is 6.54 Å². The van der Waals surface area contributed by atoms with Crippen molar-refractivity contribution in [2.45, 2.75) is 27.0 Å². The molecule has 2 aromatic carbocycles. The highest BCUT2D eigenvalue weighted by molar-refractivity contribution is 6.11. The average molecular weight is 387 g/mol. The molecule has 0 fully saturated rings. The molecule has 0 spiro atoms. The van der Waals surface area contributed by atoms with E-state index in [2.05, 4.69) is 15.2 Å². The van der Waals surface area contributed by atoms with Crippen LogP contribution in [0.3, 0.4) is 0 Å². The Balaban J connectivity index is 1.94. The summed E-state index contributed by atoms with van der Waals surface area (Å²) < 4.78 is 30.0. The number of fused-ring (bicyclic) bond motifs is 1. The Morgan fingerprint density at radius 3 is 2.36 bits per heavy atom. The third kappa shape index (κ3) is 4.33. The van der Waals surface area contributed by atoms with Crippen molar-refractivity contribution in [2.75, 3.05) is 5.32 Å². The molecule has 0 bridgehead atoms. The van der Waals surface area contributed by atoms with E-state index in [1.165, 1.54) is 28.9 Å². The van der Waals surface area contributed by atoms with Gasteiger partial charge in [-0.3, -0.25) is 9.59 Å². The van der Waals surface area contributed by atoms with Crippen LogP contribution in [0.2, 0.25) is 0 Å². The highest BCUT2D eigenvalue weighted by Crippen LogP contribution is 2.20. The molecule has 3 aromatic rings. The highest BCUT2D eigenvalue weighted by atomic mass is 19.3. The lowest BCUT2D eigenvalue weighted by Gasteiger charge is -2.13. The lowest BCUT2D eigenvalue weighted by Crippen LogP contribution is -2.29. The minimum Gasteiger partial charge on any atom is -0.435 e. The van der Waals surface area contributed by atoms with Gasteiger partial charge in [0, 0.05) is 17.6 Å². The minimum absolute atomic E-state index is 0.0120. The van der Waals surface area contributed by atoms with Crippen LogP contribution in [0.15, 0.2) is 53.3 Å². The minimum atomic E-state index is -2.92. The van der Waals surface area contributed by atoms with Crippen molar-refractivity contribution >= 4 is 22.4 Å². The van der Waals surface area contributed by atoms with Crippen molar-refractivity contribution in [2.24, 2.45) is 5.92 Å². The van der Waals surface area contributed by atoms with E-state index in [4.69, 9.17) is 0 Å². The zero-order chi connectivity index (χ0) is 20.3. The number of carbonyl (C=O) groups is 1. The Hall–Kier alpha value is -3.29. The fourth-order valence-electron chi connectivity index (χ4n) is 2.78. The third-order valence-electron chi connectivity index (χ3n) is 3.96. The van der Waals surface area contributed by atoms with Gasteiger partial charge in [0.2, 0.25) is 0 Å². The topological polar surface area (TPSA) is 73.2 Å². The van der Waals surface area contributed by atoms with Gasteiger partial charge in [-0.05, 0) is 36.2 Å². The van der Waals surface area contributed by atoms with Crippen molar-refractivity contribution in [3.05, 3.63) is 64.6 Å². The molecule has 0 radical (unpaired) electrons. The quantitative estimate of drug-likeness (QED) is 0.696. The number of hydrogen-bond acceptors (Lipinski definition) is 4. The molecule has 1 aromatic heterocycles. The van der Waals surface area contributed by atoms with Crippen LogP contribution in [0, 0.1) is 5.92 Å². The van der Waals surface area contributed by atoms with Crippen molar-refractivity contribution in [3.8, 4) is 5.75 Å². The summed E-state index contributed by atoms with van der Waals surface area (Å²) in [5.74, 6) is -0.344. The molecule has 1 N–H and O–H groups in total. The van der Waals surface area contributed by atoms with Crippen LogP contribution in [0.1, 0.15) is 24.3 Å². The molecular formula is C20H19F2N3O3. The molecule has 1 heterocycles. The number of hydrogen-bond donors (Lipinski definition) is 1. The first-order valence-electron chi connectivity index (χ1n) is 8.71. The molecule has 8 heteroatoms. The van der Waals surface area contributed by atoms with E-state index in [0.717, 1.165) is 0 Å². The normalized spacial score (nSPS) is 11.2. The summed E-state index contributed by atoms with van der Waals surface area (Å²) in [7, 11) is 0. The first-order chi connectivity index (χ1) is 13.3. The first-order valence-corrected chi connectivity index (χ1v) is 8.71. The number of carbonyl (C=O) groups excluding carboxylic acids is 1. The predicted octanol–water partition coefficient (Wildman–Crippen LogP) is 3.91. The summed E-state index contributed by atoms with van der Waals surface area (Å²) in [6.07, 6.45) is 0. The van der Waals surface area contributed by atoms with Gasteiger partial charge in [0.05, 0.1) is 5.39 Å². The Morgan fingerprint density at radius 2 is 1.75 bits per heavy atom. The van der Waals surface area contributed by atoms with Crippen LogP contribution >= 0.6 is 0 Å². The number of aromatic nitrogens is 2. The molecule has 0 unspecified atom stereocenters. The maximum absolute atomic E-state index is 12.8. The second-order valence-electron chi connectivity index (χ2n) is 6.63. The molecule has 146 valence electrons. The summed E-state index contributed by atoms with van der Waals surface area (Å²) in [6, 6.07) is 12.3. The lowest BCUT2D eigenvalue weighted by atomic mass is 10.1. The largest absolute Gasteiger partial charge is 0.435 e. The molecule has 28 heavy (non-hydrogen) atoms. The number of ether oxygens (including phenoxy) is 1. The van der Waals surface area contributed by atoms with Gasteiger partial charge in [0.25, 0.3) is 11.5 Å². The van der Waals surface area contributed by atoms with Gasteiger partial charge in [-0.25, -0.2) is 4.68 Å². The second-order valence-corrected chi connectivity index (χ2v) is 6.63. The van der Waals surface area contributed by atoms with Gasteiger partial charge in [0.15, 0.2) is 5.69 Å². The van der Waals surface area contributed by atoms with Crippen molar-refractivity contribution in [3.63, 3.8) is 0 Å². The van der Waals surface area contributed by atoms with Gasteiger partial charge >= 0.3 is 6.61 Å². The molecule has 0 aliphatic heterocycles. The number of nitrogens with one attached hydrogen (secondary N) is 1. The zero-order valence-corrected chi connectivity index (χ0v) is 15.4. The standard InChI is InChI=1S/C20H19F2N3O3/c1-12(2)11-25-19(27)16-6-4-3-5-15(16)17(24-25)18(26)23-13-7-9-14(10-8-13)28-20(21)22/h3-10,12,20H,11H2,1-2H3,(H,23,26). The molecule has 0 aliphatic rings. The summed E-state index contributed by atoms with van der Waals surface area (Å²) in [6.45, 7) is 1.36. The number of benzene rings is 2. The monoisotopic (exact) mass is 387 g/mol. The van der Waals surface area contributed by atoms with Crippen molar-refractivity contribution in [1.29, 1.82) is 0 Å². The summed E-state index contributed by atoms with van der Waals surface area (Å²) in [5.41, 5.74) is 0.247. The number of halogens is 2. The molecule has 0 aliphatic carbocycles. The van der Waals surface area contributed by atoms with E-state index in [-0.39, 0.29) is 22.9 Å². The molecule has 1 amide bonds. The lowest BCUT2D eigenvalue weighted by molar-refractivity contribution is -0.0498. The van der Waals surface area contributed by atoms with Gasteiger partial charge in [0.1, 0.15) is 5.75 Å². The average Bonchev–Trinajstić information content (AvgIpc) is 2.65. The second kappa shape index (κ2) is 8.16. The summed E-state index contributed by atoms with van der Waals surface area (Å²) >= 11 is 0. The predicted molar refractivity (Wildman–Crippen MR) is 102 cm³/mol. The maximum atomic E-state index is 12.8. The number of anilines is 1. The van der Waals surface area contributed by atoms with Crippen LogP contribution < -0.4 is 15.6 Å². The smallest absolute Gasteiger partial charge is 0.387 e. The van der Waals surface area contributed by atoms with Crippen LogP contribution in [0.4, 0.5) is 14.5 Å². The number of rotatable bonds is 6. The first kappa shape index (κ1) is 19.5. The summed E-state index contributed by atoms with van der Waals surface area (Å²) in [5, 5.41) is 7.79. The van der Waals surface area contributed by atoms with Gasteiger partial charge in [-0.1, -0.05) is 32.0 Å². The SMILES string of the molecule is CC(C)Cn1nc(C(=O)Nc2ccc(OC(F)F)cc2)c2ccccc2c1=O. The molecular weight excluding hydrogens is 368 g/mol. The van der Waals surface area contributed by atoms with Gasteiger partial charge < -0.3 is 10.1 Å². The fraction of sp³-hybridized carbons (Fsp3) is 0.250. The van der Waals surface area contributed by atoms with E-state index in [1.54, 1.807) is 24.3 Å². The Kier molecular flexibility index (Phi) is 5.67. The van der Waals surface area contributed by atoms with E-state index in [0.29, 0.717) is 23.0 Å². The Bertz CT molecular complexity index is 1050.